The molecule has 122 valence electrons. The number of rotatable bonds is 9. The van der Waals surface area contributed by atoms with E-state index >= 15 is 0 Å². The van der Waals surface area contributed by atoms with E-state index in [9.17, 15) is 9.59 Å². The molecule has 0 saturated carbocycles. The van der Waals surface area contributed by atoms with Gasteiger partial charge in [-0.2, -0.15) is 0 Å². The van der Waals surface area contributed by atoms with Gasteiger partial charge in [-0.15, -0.1) is 0 Å². The van der Waals surface area contributed by atoms with E-state index in [4.69, 9.17) is 0 Å². The number of unbranched alkanes of at least 4 members (excludes halogenated alkanes) is 4. The maximum atomic E-state index is 10.8. The molecule has 0 unspecified atom stereocenters. The molecule has 0 fully saturated rings. The molecule has 3 nitrogen and oxygen atoms in total. The third-order valence-electron chi connectivity index (χ3n) is 2.60. The Morgan fingerprint density at radius 3 is 1.75 bits per heavy atom. The number of ketones is 1. The topological polar surface area (TPSA) is 46.2 Å². The zero-order valence-corrected chi connectivity index (χ0v) is 14.7. The van der Waals surface area contributed by atoms with Gasteiger partial charge in [0.2, 0.25) is 5.91 Å². The zero-order chi connectivity index (χ0) is 16.2. The van der Waals surface area contributed by atoms with Crippen molar-refractivity contribution in [3.8, 4) is 0 Å². The molecule has 0 aromatic carbocycles. The predicted molar refractivity (Wildman–Crippen MR) is 89.0 cm³/mol. The Morgan fingerprint density at radius 1 is 0.850 bits per heavy atom. The van der Waals surface area contributed by atoms with Crippen LogP contribution in [-0.2, 0) is 9.59 Å². The Kier molecular flexibility index (Phi) is 28.1. The molecule has 0 bridgehead atoms. The van der Waals surface area contributed by atoms with Gasteiger partial charge in [0, 0.05) is 19.4 Å². The van der Waals surface area contributed by atoms with Crippen molar-refractivity contribution in [2.75, 3.05) is 6.54 Å². The summed E-state index contributed by atoms with van der Waals surface area (Å²) in [4.78, 5) is 21.4. The van der Waals surface area contributed by atoms with Gasteiger partial charge >= 0.3 is 0 Å². The smallest absolute Gasteiger partial charge is 0.219 e. The highest BCUT2D eigenvalue weighted by molar-refractivity contribution is 5.75. The maximum Gasteiger partial charge on any atom is 0.219 e. The fourth-order valence-corrected chi connectivity index (χ4v) is 1.21. The summed E-state index contributed by atoms with van der Waals surface area (Å²) < 4.78 is 0. The molecule has 0 heterocycles. The van der Waals surface area contributed by atoms with E-state index < -0.39 is 0 Å². The highest BCUT2D eigenvalue weighted by Gasteiger charge is 1.96. The lowest BCUT2D eigenvalue weighted by Crippen LogP contribution is -2.23. The second kappa shape index (κ2) is 23.2. The number of Topliss-reactive ketones (excluding diaryl/α,β-unsaturated/α-hetero) is 1. The summed E-state index contributed by atoms with van der Waals surface area (Å²) in [7, 11) is 0. The third kappa shape index (κ3) is 30.3. The van der Waals surface area contributed by atoms with E-state index in [-0.39, 0.29) is 11.7 Å². The van der Waals surface area contributed by atoms with Gasteiger partial charge in [0.05, 0.1) is 0 Å². The molecule has 0 spiro atoms. The molecule has 0 aromatic heterocycles. The van der Waals surface area contributed by atoms with E-state index in [1.807, 2.05) is 20.8 Å². The Bertz CT molecular complexity index is 201. The summed E-state index contributed by atoms with van der Waals surface area (Å²) in [5, 5.41) is 2.83. The van der Waals surface area contributed by atoms with E-state index in [2.05, 4.69) is 19.2 Å². The van der Waals surface area contributed by atoms with Crippen molar-refractivity contribution in [3.05, 3.63) is 0 Å². The first-order valence-corrected chi connectivity index (χ1v) is 8.34. The summed E-state index contributed by atoms with van der Waals surface area (Å²) in [6, 6.07) is 0. The number of amides is 1. The molecule has 0 aliphatic heterocycles. The molecule has 0 aliphatic carbocycles. The van der Waals surface area contributed by atoms with Crippen LogP contribution in [0.15, 0.2) is 0 Å². The van der Waals surface area contributed by atoms with Gasteiger partial charge in [-0.3, -0.25) is 4.79 Å². The number of carbonyl (C=O) groups excluding carboxylic acids is 2. The van der Waals surface area contributed by atoms with Gasteiger partial charge in [-0.1, -0.05) is 60.3 Å². The second-order valence-corrected chi connectivity index (χ2v) is 4.57. The van der Waals surface area contributed by atoms with Crippen LogP contribution in [0.5, 0.6) is 0 Å². The minimum absolute atomic E-state index is 0.119. The molecule has 3 heteroatoms. The maximum absolute atomic E-state index is 10.8. The largest absolute Gasteiger partial charge is 0.356 e. The van der Waals surface area contributed by atoms with E-state index in [1.54, 1.807) is 6.92 Å². The van der Waals surface area contributed by atoms with Crippen LogP contribution in [-0.4, -0.2) is 18.2 Å². The molecule has 0 radical (unpaired) electrons. The monoisotopic (exact) mass is 287 g/mol. The molecule has 0 saturated heterocycles. The lowest BCUT2D eigenvalue weighted by molar-refractivity contribution is -0.120. The van der Waals surface area contributed by atoms with Gasteiger partial charge in [0.15, 0.2) is 0 Å². The normalized spacial score (nSPS) is 8.70. The van der Waals surface area contributed by atoms with Gasteiger partial charge in [0.25, 0.3) is 0 Å². The van der Waals surface area contributed by atoms with Crippen molar-refractivity contribution < 1.29 is 9.59 Å². The summed E-state index contributed by atoms with van der Waals surface area (Å²) in [5.41, 5.74) is 0. The molecule has 1 amide bonds. The van der Waals surface area contributed by atoms with Gasteiger partial charge < -0.3 is 10.1 Å². The zero-order valence-electron chi connectivity index (χ0n) is 14.7. The van der Waals surface area contributed by atoms with Crippen molar-refractivity contribution in [1.82, 2.24) is 5.32 Å². The summed E-state index contributed by atoms with van der Waals surface area (Å²) in [6.07, 6.45) is 8.07. The highest BCUT2D eigenvalue weighted by Crippen LogP contribution is 2.02. The van der Waals surface area contributed by atoms with Crippen LogP contribution in [0.4, 0.5) is 0 Å². The van der Waals surface area contributed by atoms with Crippen LogP contribution >= 0.6 is 0 Å². The lowest BCUT2D eigenvalue weighted by atomic mass is 10.1. The predicted octanol–water partition coefficient (Wildman–Crippen LogP) is 4.88. The quantitative estimate of drug-likeness (QED) is 0.614. The minimum atomic E-state index is 0.119. The lowest BCUT2D eigenvalue weighted by Gasteiger charge is -2.02. The van der Waals surface area contributed by atoms with Gasteiger partial charge in [0.1, 0.15) is 5.78 Å². The molecule has 0 aromatic rings. The molecule has 0 atom stereocenters. The van der Waals surface area contributed by atoms with Crippen LogP contribution in [0.3, 0.4) is 0 Å². The van der Waals surface area contributed by atoms with Crippen molar-refractivity contribution in [3.63, 3.8) is 0 Å². The van der Waals surface area contributed by atoms with Crippen molar-refractivity contribution in [2.24, 2.45) is 0 Å². The van der Waals surface area contributed by atoms with Crippen LogP contribution in [0, 0.1) is 0 Å². The number of carbonyl (C=O) groups is 2. The molecule has 0 rings (SSSR count). The van der Waals surface area contributed by atoms with Crippen molar-refractivity contribution in [2.45, 2.75) is 92.9 Å². The first kappa shape index (κ1) is 24.2. The molecule has 0 aliphatic rings. The average molecular weight is 287 g/mol. The highest BCUT2D eigenvalue weighted by atomic mass is 16.1. The summed E-state index contributed by atoms with van der Waals surface area (Å²) >= 11 is 0. The number of hydrogen-bond acceptors (Lipinski definition) is 2. The van der Waals surface area contributed by atoms with Gasteiger partial charge in [-0.25, -0.2) is 0 Å². The molecular weight excluding hydrogens is 250 g/mol. The third-order valence-corrected chi connectivity index (χ3v) is 2.60. The van der Waals surface area contributed by atoms with E-state index in [1.165, 1.54) is 12.8 Å². The van der Waals surface area contributed by atoms with E-state index in [0.29, 0.717) is 12.8 Å². The first-order valence-electron chi connectivity index (χ1n) is 8.34. The Labute approximate surface area is 126 Å². The summed E-state index contributed by atoms with van der Waals surface area (Å²) in [5.74, 6) is 0.387. The van der Waals surface area contributed by atoms with E-state index in [0.717, 1.165) is 32.2 Å². The van der Waals surface area contributed by atoms with Crippen LogP contribution < -0.4 is 5.32 Å². The van der Waals surface area contributed by atoms with Crippen LogP contribution in [0.1, 0.15) is 92.9 Å². The van der Waals surface area contributed by atoms with Crippen LogP contribution in [0.2, 0.25) is 0 Å². The number of hydrogen-bond donors (Lipinski definition) is 1. The summed E-state index contributed by atoms with van der Waals surface area (Å²) in [6.45, 7) is 12.6. The van der Waals surface area contributed by atoms with Crippen molar-refractivity contribution in [1.29, 1.82) is 0 Å². The molecule has 1 N–H and O–H groups in total. The SMILES string of the molecule is CC.CCC(=O)NCCCCCCC(C)=O.CCCC. The fraction of sp³-hybridized carbons (Fsp3) is 0.882. The Morgan fingerprint density at radius 2 is 1.35 bits per heavy atom. The van der Waals surface area contributed by atoms with Crippen LogP contribution in [0.25, 0.3) is 0 Å². The fourth-order valence-electron chi connectivity index (χ4n) is 1.21. The van der Waals surface area contributed by atoms with Crippen molar-refractivity contribution >= 4 is 11.7 Å². The van der Waals surface area contributed by atoms with Gasteiger partial charge in [-0.05, 0) is 19.8 Å². The standard InChI is InChI=1S/C11H21NO2.C4H10.C2H6/c1-3-11(14)12-9-7-5-4-6-8-10(2)13;1-3-4-2;1-2/h3-9H2,1-2H3,(H,12,14);3-4H2,1-2H3;1-2H3. The molecular formula is C17H37NO2. The first-order chi connectivity index (χ1) is 9.58. The Hall–Kier alpha value is -0.860. The molecule has 20 heavy (non-hydrogen) atoms. The number of nitrogens with one attached hydrogen (secondary N) is 1. The average Bonchev–Trinajstić information content (AvgIpc) is 2.48. The Balaban J connectivity index is -0.000000410. The minimum Gasteiger partial charge on any atom is -0.356 e. The second-order valence-electron chi connectivity index (χ2n) is 4.57.